The summed E-state index contributed by atoms with van der Waals surface area (Å²) in [5.41, 5.74) is 7.00. The Hall–Kier alpha value is -1.03. The highest BCUT2D eigenvalue weighted by Gasteiger charge is 2.11. The number of anilines is 1. The van der Waals surface area contributed by atoms with E-state index in [0.717, 1.165) is 5.56 Å². The molecule has 0 aliphatic heterocycles. The average molecular weight is 199 g/mol. The molecule has 4 heteroatoms. The molecule has 0 saturated heterocycles. The summed E-state index contributed by atoms with van der Waals surface area (Å²) in [7, 11) is -3.09. The molecule has 2 N–H and O–H groups in total. The van der Waals surface area contributed by atoms with Crippen molar-refractivity contribution >= 4 is 15.5 Å². The van der Waals surface area contributed by atoms with Crippen LogP contribution in [0.3, 0.4) is 0 Å². The Morgan fingerprint density at radius 2 is 2.00 bits per heavy atom. The maximum absolute atomic E-state index is 11.4. The van der Waals surface area contributed by atoms with Crippen LogP contribution in [0.5, 0.6) is 0 Å². The molecule has 0 aromatic heterocycles. The van der Waals surface area contributed by atoms with Gasteiger partial charge in [0, 0.05) is 5.69 Å². The summed E-state index contributed by atoms with van der Waals surface area (Å²) >= 11 is 0. The van der Waals surface area contributed by atoms with Crippen LogP contribution in [-0.4, -0.2) is 14.2 Å². The lowest BCUT2D eigenvalue weighted by atomic mass is 10.2. The third-order valence-corrected chi connectivity index (χ3v) is 3.71. The van der Waals surface area contributed by atoms with Gasteiger partial charge in [-0.1, -0.05) is 6.92 Å². The fraction of sp³-hybridized carbons (Fsp3) is 0.333. The molecule has 0 spiro atoms. The van der Waals surface area contributed by atoms with Gasteiger partial charge in [0.15, 0.2) is 9.84 Å². The fourth-order valence-electron chi connectivity index (χ4n) is 1.01. The van der Waals surface area contributed by atoms with Gasteiger partial charge in [0.05, 0.1) is 10.6 Å². The van der Waals surface area contributed by atoms with Crippen LogP contribution in [-0.2, 0) is 9.84 Å². The molecule has 0 saturated carbocycles. The molecule has 0 aliphatic carbocycles. The first-order chi connectivity index (χ1) is 5.97. The Morgan fingerprint density at radius 3 is 2.46 bits per heavy atom. The van der Waals surface area contributed by atoms with E-state index in [4.69, 9.17) is 5.73 Å². The highest BCUT2D eigenvalue weighted by molar-refractivity contribution is 7.91. The van der Waals surface area contributed by atoms with Crippen molar-refractivity contribution < 1.29 is 8.42 Å². The summed E-state index contributed by atoms with van der Waals surface area (Å²) in [5.74, 6) is 0.121. The summed E-state index contributed by atoms with van der Waals surface area (Å²) in [5, 5.41) is 0. The first-order valence-corrected chi connectivity index (χ1v) is 5.71. The number of hydrogen-bond donors (Lipinski definition) is 1. The van der Waals surface area contributed by atoms with Gasteiger partial charge in [-0.3, -0.25) is 0 Å². The minimum atomic E-state index is -3.09. The lowest BCUT2D eigenvalue weighted by Crippen LogP contribution is -2.04. The van der Waals surface area contributed by atoms with Gasteiger partial charge in [0.25, 0.3) is 0 Å². The minimum Gasteiger partial charge on any atom is -0.399 e. The van der Waals surface area contributed by atoms with Crippen LogP contribution in [0.15, 0.2) is 23.1 Å². The van der Waals surface area contributed by atoms with Crippen LogP contribution in [0.4, 0.5) is 5.69 Å². The number of nitrogens with two attached hydrogens (primary N) is 1. The van der Waals surface area contributed by atoms with Gasteiger partial charge < -0.3 is 5.73 Å². The predicted molar refractivity (Wildman–Crippen MR) is 53.3 cm³/mol. The maximum Gasteiger partial charge on any atom is 0.178 e. The zero-order valence-corrected chi connectivity index (χ0v) is 8.56. The van der Waals surface area contributed by atoms with Gasteiger partial charge >= 0.3 is 0 Å². The predicted octanol–water partition coefficient (Wildman–Crippen LogP) is 1.37. The number of hydrogen-bond acceptors (Lipinski definition) is 3. The molecule has 1 aromatic carbocycles. The molecule has 3 nitrogen and oxygen atoms in total. The summed E-state index contributed by atoms with van der Waals surface area (Å²) in [6.07, 6.45) is 0. The van der Waals surface area contributed by atoms with Crippen molar-refractivity contribution in [2.75, 3.05) is 11.5 Å². The molecule has 0 atom stereocenters. The molecular formula is C9H13NO2S. The maximum atomic E-state index is 11.4. The lowest BCUT2D eigenvalue weighted by Gasteiger charge is -2.04. The second kappa shape index (κ2) is 3.38. The molecule has 1 aromatic rings. The standard InChI is InChI=1S/C9H13NO2S/c1-3-13(11,12)8-4-5-9(10)7(2)6-8/h4-6H,3,10H2,1-2H3. The zero-order chi connectivity index (χ0) is 10.1. The lowest BCUT2D eigenvalue weighted by molar-refractivity contribution is 0.597. The highest BCUT2D eigenvalue weighted by atomic mass is 32.2. The van der Waals surface area contributed by atoms with Gasteiger partial charge in [0.1, 0.15) is 0 Å². The van der Waals surface area contributed by atoms with E-state index in [0.29, 0.717) is 10.6 Å². The smallest absolute Gasteiger partial charge is 0.178 e. The number of benzene rings is 1. The van der Waals surface area contributed by atoms with Crippen molar-refractivity contribution in [1.29, 1.82) is 0 Å². The normalized spacial score (nSPS) is 11.5. The molecule has 0 bridgehead atoms. The van der Waals surface area contributed by atoms with Crippen LogP contribution < -0.4 is 5.73 Å². The SMILES string of the molecule is CCS(=O)(=O)c1ccc(N)c(C)c1. The number of rotatable bonds is 2. The van der Waals surface area contributed by atoms with Crippen LogP contribution in [0.2, 0.25) is 0 Å². The molecule has 0 heterocycles. The van der Waals surface area contributed by atoms with Crippen LogP contribution >= 0.6 is 0 Å². The van der Waals surface area contributed by atoms with Gasteiger partial charge in [-0.15, -0.1) is 0 Å². The van der Waals surface area contributed by atoms with Gasteiger partial charge in [-0.25, -0.2) is 8.42 Å². The average Bonchev–Trinajstić information content (AvgIpc) is 2.09. The van der Waals surface area contributed by atoms with Crippen molar-refractivity contribution in [3.05, 3.63) is 23.8 Å². The molecule has 0 aliphatic rings. The first-order valence-electron chi connectivity index (χ1n) is 4.06. The van der Waals surface area contributed by atoms with E-state index >= 15 is 0 Å². The molecule has 0 radical (unpaired) electrons. The summed E-state index contributed by atoms with van der Waals surface area (Å²) < 4.78 is 22.8. The van der Waals surface area contributed by atoms with Crippen LogP contribution in [0, 0.1) is 6.92 Å². The molecule has 1 rings (SSSR count). The quantitative estimate of drug-likeness (QED) is 0.732. The summed E-state index contributed by atoms with van der Waals surface area (Å²) in [6, 6.07) is 4.77. The Morgan fingerprint density at radius 1 is 1.38 bits per heavy atom. The first kappa shape index (κ1) is 10.1. The van der Waals surface area contributed by atoms with Gasteiger partial charge in [-0.05, 0) is 30.7 Å². The molecular weight excluding hydrogens is 186 g/mol. The highest BCUT2D eigenvalue weighted by Crippen LogP contribution is 2.17. The Labute approximate surface area is 78.5 Å². The van der Waals surface area contributed by atoms with Crippen LogP contribution in [0.1, 0.15) is 12.5 Å². The summed E-state index contributed by atoms with van der Waals surface area (Å²) in [4.78, 5) is 0.349. The van der Waals surface area contributed by atoms with Gasteiger partial charge in [-0.2, -0.15) is 0 Å². The molecule has 13 heavy (non-hydrogen) atoms. The van der Waals surface area contributed by atoms with E-state index < -0.39 is 9.84 Å². The zero-order valence-electron chi connectivity index (χ0n) is 7.74. The largest absolute Gasteiger partial charge is 0.399 e. The minimum absolute atomic E-state index is 0.121. The van der Waals surface area contributed by atoms with E-state index in [-0.39, 0.29) is 5.75 Å². The second-order valence-electron chi connectivity index (χ2n) is 2.92. The van der Waals surface area contributed by atoms with Crippen molar-refractivity contribution in [3.8, 4) is 0 Å². The Balaban J connectivity index is 3.27. The molecule has 0 amide bonds. The van der Waals surface area contributed by atoms with Gasteiger partial charge in [0.2, 0.25) is 0 Å². The number of sulfone groups is 1. The number of aryl methyl sites for hydroxylation is 1. The van der Waals surface area contributed by atoms with E-state index in [1.165, 1.54) is 0 Å². The number of nitrogen functional groups attached to an aromatic ring is 1. The topological polar surface area (TPSA) is 60.2 Å². The fourth-order valence-corrected chi connectivity index (χ4v) is 1.97. The molecule has 0 fully saturated rings. The Bertz CT molecular complexity index is 410. The van der Waals surface area contributed by atoms with E-state index in [2.05, 4.69) is 0 Å². The van der Waals surface area contributed by atoms with E-state index in [1.54, 1.807) is 32.0 Å². The van der Waals surface area contributed by atoms with Crippen molar-refractivity contribution in [1.82, 2.24) is 0 Å². The third kappa shape index (κ3) is 2.01. The van der Waals surface area contributed by atoms with E-state index in [9.17, 15) is 8.42 Å². The second-order valence-corrected chi connectivity index (χ2v) is 5.20. The van der Waals surface area contributed by atoms with Crippen molar-refractivity contribution in [2.24, 2.45) is 0 Å². The van der Waals surface area contributed by atoms with E-state index in [1.807, 2.05) is 0 Å². The van der Waals surface area contributed by atoms with Crippen LogP contribution in [0.25, 0.3) is 0 Å². The molecule has 72 valence electrons. The summed E-state index contributed by atoms with van der Waals surface area (Å²) in [6.45, 7) is 3.42. The molecule has 0 unspecified atom stereocenters. The third-order valence-electron chi connectivity index (χ3n) is 1.98. The van der Waals surface area contributed by atoms with Crippen molar-refractivity contribution in [3.63, 3.8) is 0 Å². The Kier molecular flexibility index (Phi) is 2.61. The van der Waals surface area contributed by atoms with Crippen molar-refractivity contribution in [2.45, 2.75) is 18.7 Å². The monoisotopic (exact) mass is 199 g/mol.